The van der Waals surface area contributed by atoms with Crippen molar-refractivity contribution in [1.82, 2.24) is 0 Å². The number of halogens is 1. The van der Waals surface area contributed by atoms with Crippen LogP contribution in [-0.4, -0.2) is 12.2 Å². The van der Waals surface area contributed by atoms with E-state index < -0.39 is 5.60 Å². The zero-order valence-corrected chi connectivity index (χ0v) is 18.1. The van der Waals surface area contributed by atoms with Crippen molar-refractivity contribution in [3.63, 3.8) is 0 Å². The van der Waals surface area contributed by atoms with Gasteiger partial charge in [-0.3, -0.25) is 0 Å². The predicted molar refractivity (Wildman–Crippen MR) is 122 cm³/mol. The summed E-state index contributed by atoms with van der Waals surface area (Å²) in [5.74, 6) is 0.273. The summed E-state index contributed by atoms with van der Waals surface area (Å²) in [6.45, 7) is 2.21. The van der Waals surface area contributed by atoms with Crippen molar-refractivity contribution >= 4 is 15.9 Å². The first-order valence-electron chi connectivity index (χ1n) is 9.56. The Morgan fingerprint density at radius 2 is 1.17 bits per heavy atom. The van der Waals surface area contributed by atoms with Crippen molar-refractivity contribution in [1.29, 1.82) is 0 Å². The standard InChI is InChI=1S/C26H23BrO2/c1-25(21-9-11-23(27)12-10-21)15-17-26(29-2,18-16-25)22-7-3-19(4-8-22)20-5-13-24(28)14-6-20/h3-18,28H,1-2H3. The maximum absolute atomic E-state index is 9.49. The summed E-state index contributed by atoms with van der Waals surface area (Å²) in [4.78, 5) is 0. The molecule has 3 aromatic rings. The fourth-order valence-corrected chi connectivity index (χ4v) is 3.99. The van der Waals surface area contributed by atoms with Gasteiger partial charge >= 0.3 is 0 Å². The number of hydrogen-bond donors (Lipinski definition) is 1. The molecule has 4 rings (SSSR count). The Balaban J connectivity index is 1.63. The third-order valence-corrected chi connectivity index (χ3v) is 6.22. The molecule has 0 saturated carbocycles. The SMILES string of the molecule is COC1(c2ccc(-c3ccc(O)cc3)cc2)C=CC(C)(c2ccc(Br)cc2)C=C1. The zero-order valence-electron chi connectivity index (χ0n) is 16.5. The second-order valence-electron chi connectivity index (χ2n) is 7.58. The topological polar surface area (TPSA) is 29.5 Å². The smallest absolute Gasteiger partial charge is 0.129 e. The first-order valence-corrected chi connectivity index (χ1v) is 10.4. The van der Waals surface area contributed by atoms with E-state index in [0.29, 0.717) is 0 Å². The van der Waals surface area contributed by atoms with Gasteiger partial charge in [0.15, 0.2) is 0 Å². The van der Waals surface area contributed by atoms with Crippen molar-refractivity contribution in [2.75, 3.05) is 7.11 Å². The quantitative estimate of drug-likeness (QED) is 0.449. The van der Waals surface area contributed by atoms with E-state index >= 15 is 0 Å². The Bertz CT molecular complexity index is 1030. The van der Waals surface area contributed by atoms with Gasteiger partial charge in [-0.1, -0.05) is 76.6 Å². The largest absolute Gasteiger partial charge is 0.508 e. The van der Waals surface area contributed by atoms with Gasteiger partial charge in [-0.05, 0) is 65.6 Å². The van der Waals surface area contributed by atoms with E-state index in [4.69, 9.17) is 4.74 Å². The number of benzene rings is 3. The van der Waals surface area contributed by atoms with Crippen LogP contribution in [0.2, 0.25) is 0 Å². The zero-order chi connectivity index (χ0) is 20.5. The Labute approximate surface area is 180 Å². The highest BCUT2D eigenvalue weighted by molar-refractivity contribution is 9.10. The Kier molecular flexibility index (Phi) is 5.20. The molecule has 1 aliphatic rings. The van der Waals surface area contributed by atoms with Crippen LogP contribution in [0.4, 0.5) is 0 Å². The van der Waals surface area contributed by atoms with E-state index in [0.717, 1.165) is 21.2 Å². The van der Waals surface area contributed by atoms with E-state index in [1.807, 2.05) is 12.1 Å². The normalized spacial score (nSPS) is 23.3. The molecule has 0 bridgehead atoms. The molecule has 0 aliphatic heterocycles. The van der Waals surface area contributed by atoms with Crippen molar-refractivity contribution in [3.8, 4) is 16.9 Å². The third-order valence-electron chi connectivity index (χ3n) is 5.70. The van der Waals surface area contributed by atoms with Crippen LogP contribution >= 0.6 is 15.9 Å². The summed E-state index contributed by atoms with van der Waals surface area (Å²) in [6, 6.07) is 24.1. The maximum Gasteiger partial charge on any atom is 0.129 e. The molecule has 3 aromatic carbocycles. The van der Waals surface area contributed by atoms with Gasteiger partial charge in [-0.15, -0.1) is 0 Å². The van der Waals surface area contributed by atoms with E-state index in [1.54, 1.807) is 19.2 Å². The van der Waals surface area contributed by atoms with Gasteiger partial charge in [0.2, 0.25) is 0 Å². The summed E-state index contributed by atoms with van der Waals surface area (Å²) in [6.07, 6.45) is 8.72. The molecule has 1 N–H and O–H groups in total. The van der Waals surface area contributed by atoms with Crippen molar-refractivity contribution in [2.45, 2.75) is 17.9 Å². The van der Waals surface area contributed by atoms with Gasteiger partial charge in [0.1, 0.15) is 11.4 Å². The molecule has 0 atom stereocenters. The number of methoxy groups -OCH3 is 1. The van der Waals surface area contributed by atoms with Gasteiger partial charge in [0.25, 0.3) is 0 Å². The second-order valence-corrected chi connectivity index (χ2v) is 8.49. The highest BCUT2D eigenvalue weighted by Crippen LogP contribution is 2.39. The number of rotatable bonds is 4. The molecule has 146 valence electrons. The van der Waals surface area contributed by atoms with Crippen LogP contribution in [0.15, 0.2) is 102 Å². The van der Waals surface area contributed by atoms with Crippen LogP contribution in [0.5, 0.6) is 5.75 Å². The van der Waals surface area contributed by atoms with Crippen LogP contribution in [0.25, 0.3) is 11.1 Å². The first kappa shape index (κ1) is 19.7. The average Bonchev–Trinajstić information content (AvgIpc) is 2.76. The molecule has 3 heteroatoms. The molecule has 29 heavy (non-hydrogen) atoms. The summed E-state index contributed by atoms with van der Waals surface area (Å²) in [5.41, 5.74) is 3.73. The molecule has 0 unspecified atom stereocenters. The van der Waals surface area contributed by atoms with Gasteiger partial charge in [-0.25, -0.2) is 0 Å². The molecule has 0 radical (unpaired) electrons. The molecule has 0 spiro atoms. The molecule has 0 aromatic heterocycles. The van der Waals surface area contributed by atoms with E-state index in [-0.39, 0.29) is 11.2 Å². The summed E-state index contributed by atoms with van der Waals surface area (Å²) >= 11 is 3.50. The van der Waals surface area contributed by atoms with Gasteiger partial charge in [0, 0.05) is 17.0 Å². The predicted octanol–water partition coefficient (Wildman–Crippen LogP) is 6.75. The van der Waals surface area contributed by atoms with Crippen molar-refractivity contribution in [2.24, 2.45) is 0 Å². The summed E-state index contributed by atoms with van der Waals surface area (Å²) in [7, 11) is 1.74. The van der Waals surface area contributed by atoms with Crippen LogP contribution in [0.3, 0.4) is 0 Å². The number of aromatic hydroxyl groups is 1. The minimum atomic E-state index is -0.581. The van der Waals surface area contributed by atoms with Gasteiger partial charge in [-0.2, -0.15) is 0 Å². The van der Waals surface area contributed by atoms with Gasteiger partial charge in [0.05, 0.1) is 0 Å². The van der Waals surface area contributed by atoms with Crippen molar-refractivity contribution < 1.29 is 9.84 Å². The average molecular weight is 447 g/mol. The lowest BCUT2D eigenvalue weighted by molar-refractivity contribution is 0.0699. The van der Waals surface area contributed by atoms with E-state index in [9.17, 15) is 5.11 Å². The lowest BCUT2D eigenvalue weighted by atomic mass is 9.75. The van der Waals surface area contributed by atoms with Crippen LogP contribution < -0.4 is 0 Å². The van der Waals surface area contributed by atoms with Crippen molar-refractivity contribution in [3.05, 3.63) is 113 Å². The third kappa shape index (κ3) is 3.81. The fraction of sp³-hybridized carbons (Fsp3) is 0.154. The lowest BCUT2D eigenvalue weighted by Crippen LogP contribution is -2.30. The second kappa shape index (κ2) is 7.66. The van der Waals surface area contributed by atoms with Crippen LogP contribution in [0.1, 0.15) is 18.1 Å². The number of ether oxygens (including phenoxy) is 1. The molecular formula is C26H23BrO2. The monoisotopic (exact) mass is 446 g/mol. The molecule has 0 fully saturated rings. The van der Waals surface area contributed by atoms with E-state index in [1.165, 1.54) is 5.56 Å². The summed E-state index contributed by atoms with van der Waals surface area (Å²) in [5, 5.41) is 9.49. The molecular weight excluding hydrogens is 424 g/mol. The lowest BCUT2D eigenvalue weighted by Gasteiger charge is -2.35. The van der Waals surface area contributed by atoms with E-state index in [2.05, 4.69) is 95.7 Å². The minimum Gasteiger partial charge on any atom is -0.508 e. The Morgan fingerprint density at radius 3 is 1.69 bits per heavy atom. The molecule has 0 saturated heterocycles. The number of phenols is 1. The number of allylic oxidation sites excluding steroid dienone is 2. The van der Waals surface area contributed by atoms with Crippen LogP contribution in [0, 0.1) is 0 Å². The van der Waals surface area contributed by atoms with Crippen LogP contribution in [-0.2, 0) is 15.8 Å². The number of phenolic OH excluding ortho intramolecular Hbond substituents is 1. The Morgan fingerprint density at radius 1 is 0.690 bits per heavy atom. The minimum absolute atomic E-state index is 0.172. The number of hydrogen-bond acceptors (Lipinski definition) is 2. The fourth-order valence-electron chi connectivity index (χ4n) is 3.73. The van der Waals surface area contributed by atoms with Gasteiger partial charge < -0.3 is 9.84 Å². The maximum atomic E-state index is 9.49. The molecule has 0 heterocycles. The Hall–Kier alpha value is -2.62. The highest BCUT2D eigenvalue weighted by Gasteiger charge is 2.33. The first-order chi connectivity index (χ1) is 13.9. The highest BCUT2D eigenvalue weighted by atomic mass is 79.9. The summed E-state index contributed by atoms with van der Waals surface area (Å²) < 4.78 is 7.04. The molecule has 0 amide bonds. The molecule has 2 nitrogen and oxygen atoms in total. The molecule has 1 aliphatic carbocycles.